The Morgan fingerprint density at radius 3 is 2.50 bits per heavy atom. The minimum absolute atomic E-state index is 0.162. The van der Waals surface area contributed by atoms with Crippen LogP contribution in [0.3, 0.4) is 0 Å². The number of hydrogen-bond acceptors (Lipinski definition) is 2. The van der Waals surface area contributed by atoms with E-state index in [2.05, 4.69) is 20.7 Å². The van der Waals surface area contributed by atoms with E-state index in [1.54, 1.807) is 13.8 Å². The zero-order valence-corrected chi connectivity index (χ0v) is 11.4. The van der Waals surface area contributed by atoms with Crippen molar-refractivity contribution in [3.8, 4) is 5.75 Å². The van der Waals surface area contributed by atoms with Crippen LogP contribution < -0.4 is 4.74 Å². The van der Waals surface area contributed by atoms with E-state index in [0.29, 0.717) is 17.5 Å². The second-order valence-corrected chi connectivity index (χ2v) is 5.07. The Labute approximate surface area is 111 Å². The van der Waals surface area contributed by atoms with Gasteiger partial charge in [-0.05, 0) is 37.1 Å². The normalized spacial score (nSPS) is 13.2. The molecule has 1 aromatic carbocycles. The van der Waals surface area contributed by atoms with Crippen LogP contribution in [0.5, 0.6) is 5.75 Å². The van der Waals surface area contributed by atoms with Crippen LogP contribution in [0.2, 0.25) is 0 Å². The number of aryl methyl sites for hydroxylation is 1. The molecule has 0 aliphatic rings. The molecule has 0 aliphatic heterocycles. The lowest BCUT2D eigenvalue weighted by atomic mass is 10.00. The molecule has 6 heteroatoms. The zero-order valence-electron chi connectivity index (χ0n) is 9.84. The molecule has 0 aliphatic carbocycles. The van der Waals surface area contributed by atoms with Gasteiger partial charge in [0.1, 0.15) is 5.75 Å². The number of benzene rings is 1. The van der Waals surface area contributed by atoms with Gasteiger partial charge < -0.3 is 4.74 Å². The van der Waals surface area contributed by atoms with Gasteiger partial charge in [0, 0.05) is 5.56 Å². The molecule has 1 unspecified atom stereocenters. The lowest BCUT2D eigenvalue weighted by Crippen LogP contribution is -2.18. The number of hydrogen-bond donors (Lipinski definition) is 0. The van der Waals surface area contributed by atoms with Crippen LogP contribution in [0.4, 0.5) is 13.2 Å². The molecule has 0 saturated carbocycles. The predicted molar refractivity (Wildman–Crippen MR) is 65.2 cm³/mol. The number of carbonyl (C=O) groups is 1. The van der Waals surface area contributed by atoms with Gasteiger partial charge in [-0.1, -0.05) is 22.9 Å². The fourth-order valence-electron chi connectivity index (χ4n) is 1.51. The second kappa shape index (κ2) is 5.73. The average Bonchev–Trinajstić information content (AvgIpc) is 2.25. The summed E-state index contributed by atoms with van der Waals surface area (Å²) in [6.45, 7) is 3.43. The largest absolute Gasteiger partial charge is 0.573 e. The topological polar surface area (TPSA) is 26.3 Å². The first kappa shape index (κ1) is 15.0. The summed E-state index contributed by atoms with van der Waals surface area (Å²) in [5.74, 6) is -0.469. The monoisotopic (exact) mass is 324 g/mol. The first-order chi connectivity index (χ1) is 8.24. The molecule has 0 spiro atoms. The third-order valence-electron chi connectivity index (χ3n) is 2.32. The van der Waals surface area contributed by atoms with Gasteiger partial charge in [-0.25, -0.2) is 0 Å². The molecule has 1 aromatic rings. The lowest BCUT2D eigenvalue weighted by Gasteiger charge is -2.13. The van der Waals surface area contributed by atoms with Crippen molar-refractivity contribution >= 4 is 21.7 Å². The summed E-state index contributed by atoms with van der Waals surface area (Å²) >= 11 is 3.15. The Hall–Kier alpha value is -1.04. The molecule has 1 atom stereocenters. The van der Waals surface area contributed by atoms with Crippen LogP contribution >= 0.6 is 15.9 Å². The van der Waals surface area contributed by atoms with E-state index >= 15 is 0 Å². The summed E-state index contributed by atoms with van der Waals surface area (Å²) in [5, 5.41) is 0. The maximum Gasteiger partial charge on any atom is 0.573 e. The van der Waals surface area contributed by atoms with Crippen molar-refractivity contribution in [3.05, 3.63) is 29.3 Å². The number of alkyl halides is 4. The van der Waals surface area contributed by atoms with Crippen molar-refractivity contribution in [2.24, 2.45) is 0 Å². The first-order valence-electron chi connectivity index (χ1n) is 5.31. The van der Waals surface area contributed by atoms with Gasteiger partial charge in [-0.2, -0.15) is 0 Å². The SMILES string of the molecule is CCc1cc(OC(F)(F)F)ccc1C(=O)C(C)Br. The molecule has 0 bridgehead atoms. The van der Waals surface area contributed by atoms with Crippen molar-refractivity contribution in [1.82, 2.24) is 0 Å². The highest BCUT2D eigenvalue weighted by atomic mass is 79.9. The van der Waals surface area contributed by atoms with Crippen molar-refractivity contribution in [2.45, 2.75) is 31.5 Å². The van der Waals surface area contributed by atoms with Gasteiger partial charge in [-0.3, -0.25) is 4.79 Å². The average molecular weight is 325 g/mol. The van der Waals surface area contributed by atoms with Gasteiger partial charge in [0.25, 0.3) is 0 Å². The number of Topliss-reactive ketones (excluding diaryl/α,β-unsaturated/α-hetero) is 1. The maximum atomic E-state index is 12.1. The van der Waals surface area contributed by atoms with E-state index in [9.17, 15) is 18.0 Å². The molecular weight excluding hydrogens is 313 g/mol. The minimum atomic E-state index is -4.72. The summed E-state index contributed by atoms with van der Waals surface area (Å²) in [5.41, 5.74) is 0.949. The Balaban J connectivity index is 3.08. The van der Waals surface area contributed by atoms with E-state index in [1.165, 1.54) is 12.1 Å². The lowest BCUT2D eigenvalue weighted by molar-refractivity contribution is -0.274. The number of carbonyl (C=O) groups excluding carboxylic acids is 1. The van der Waals surface area contributed by atoms with E-state index in [0.717, 1.165) is 6.07 Å². The number of halogens is 4. The zero-order chi connectivity index (χ0) is 13.9. The second-order valence-electron chi connectivity index (χ2n) is 3.70. The summed E-state index contributed by atoms with van der Waals surface area (Å²) in [4.78, 5) is 11.4. The van der Waals surface area contributed by atoms with Gasteiger partial charge in [0.05, 0.1) is 4.83 Å². The standard InChI is InChI=1S/C12H12BrF3O2/c1-3-8-6-9(18-12(14,15)16)4-5-10(8)11(17)7(2)13/h4-7H,3H2,1-2H3. The molecule has 18 heavy (non-hydrogen) atoms. The van der Waals surface area contributed by atoms with Gasteiger partial charge in [0.15, 0.2) is 5.78 Å². The molecule has 0 heterocycles. The molecule has 0 saturated heterocycles. The number of rotatable bonds is 4. The number of ketones is 1. The maximum absolute atomic E-state index is 12.1. The Morgan fingerprint density at radius 1 is 1.44 bits per heavy atom. The van der Waals surface area contributed by atoms with Crippen molar-refractivity contribution < 1.29 is 22.7 Å². The molecule has 100 valence electrons. The first-order valence-corrected chi connectivity index (χ1v) is 6.23. The highest BCUT2D eigenvalue weighted by Crippen LogP contribution is 2.26. The Morgan fingerprint density at radius 2 is 2.06 bits per heavy atom. The van der Waals surface area contributed by atoms with Crippen LogP contribution in [-0.2, 0) is 6.42 Å². The van der Waals surface area contributed by atoms with E-state index in [4.69, 9.17) is 0 Å². The summed E-state index contributed by atoms with van der Waals surface area (Å²) in [6.07, 6.45) is -4.27. The molecule has 0 amide bonds. The molecule has 0 aromatic heterocycles. The van der Waals surface area contributed by atoms with Crippen LogP contribution in [-0.4, -0.2) is 17.0 Å². The van der Waals surface area contributed by atoms with Gasteiger partial charge in [-0.15, -0.1) is 13.2 Å². The quantitative estimate of drug-likeness (QED) is 0.615. The third-order valence-corrected chi connectivity index (χ3v) is 2.73. The minimum Gasteiger partial charge on any atom is -0.406 e. The summed E-state index contributed by atoms with van der Waals surface area (Å²) in [6, 6.07) is 3.76. The highest BCUT2D eigenvalue weighted by molar-refractivity contribution is 9.10. The molecule has 2 nitrogen and oxygen atoms in total. The summed E-state index contributed by atoms with van der Waals surface area (Å²) < 4.78 is 40.0. The third kappa shape index (κ3) is 4.01. The van der Waals surface area contributed by atoms with Gasteiger partial charge in [0.2, 0.25) is 0 Å². The highest BCUT2D eigenvalue weighted by Gasteiger charge is 2.31. The molecular formula is C12H12BrF3O2. The fourth-order valence-corrected chi connectivity index (χ4v) is 1.76. The Bertz CT molecular complexity index is 441. The van der Waals surface area contributed by atoms with E-state index in [1.807, 2.05) is 0 Å². The number of ether oxygens (including phenoxy) is 1. The van der Waals surface area contributed by atoms with Gasteiger partial charge >= 0.3 is 6.36 Å². The Kier molecular flexibility index (Phi) is 4.78. The van der Waals surface area contributed by atoms with Crippen molar-refractivity contribution in [1.29, 1.82) is 0 Å². The van der Waals surface area contributed by atoms with Crippen LogP contribution in [0.25, 0.3) is 0 Å². The van der Waals surface area contributed by atoms with Crippen LogP contribution in [0.1, 0.15) is 29.8 Å². The smallest absolute Gasteiger partial charge is 0.406 e. The fraction of sp³-hybridized carbons (Fsp3) is 0.417. The van der Waals surface area contributed by atoms with E-state index in [-0.39, 0.29) is 16.4 Å². The van der Waals surface area contributed by atoms with Crippen molar-refractivity contribution in [2.75, 3.05) is 0 Å². The van der Waals surface area contributed by atoms with Crippen molar-refractivity contribution in [3.63, 3.8) is 0 Å². The predicted octanol–water partition coefficient (Wildman–Crippen LogP) is 4.11. The van der Waals surface area contributed by atoms with Crippen LogP contribution in [0.15, 0.2) is 18.2 Å². The molecule has 0 radical (unpaired) electrons. The summed E-state index contributed by atoms with van der Waals surface area (Å²) in [7, 11) is 0. The van der Waals surface area contributed by atoms with Crippen LogP contribution in [0, 0.1) is 0 Å². The molecule has 0 N–H and O–H groups in total. The molecule has 1 rings (SSSR count). The molecule has 0 fully saturated rings. The van der Waals surface area contributed by atoms with E-state index < -0.39 is 6.36 Å².